The van der Waals surface area contributed by atoms with Crippen LogP contribution in [0.3, 0.4) is 0 Å². The summed E-state index contributed by atoms with van der Waals surface area (Å²) < 4.78 is 0.573. The maximum Gasteiger partial charge on any atom is 0.305 e. The molecule has 0 spiro atoms. The first-order valence-corrected chi connectivity index (χ1v) is 5.59. The van der Waals surface area contributed by atoms with Gasteiger partial charge in [-0.05, 0) is 46.5 Å². The number of carboxylic acid groups (broad SMARTS) is 1. The Morgan fingerprint density at radius 2 is 2.12 bits per heavy atom. The largest absolute Gasteiger partial charge is 0.506 e. The summed E-state index contributed by atoms with van der Waals surface area (Å²) in [6.07, 6.45) is -0.127. The molecule has 0 aliphatic rings. The molecule has 0 heterocycles. The number of nitrogens with two attached hydrogens (primary N) is 1. The third-order valence-corrected chi connectivity index (χ3v) is 3.48. The molecular weight excluding hydrogens is 274 g/mol. The number of phenols is 1. The van der Waals surface area contributed by atoms with Gasteiger partial charge in [-0.25, -0.2) is 0 Å². The predicted octanol–water partition coefficient (Wildman–Crippen LogP) is 2.25. The molecule has 0 amide bonds. The van der Waals surface area contributed by atoms with Crippen molar-refractivity contribution in [1.29, 1.82) is 0 Å². The number of phenolic OH excluding ortho intramolecular Hbond substituents is 1. The number of halogens is 1. The maximum atomic E-state index is 10.6. The minimum atomic E-state index is -0.936. The summed E-state index contributed by atoms with van der Waals surface area (Å²) in [4.78, 5) is 10.6. The highest BCUT2D eigenvalue weighted by atomic mass is 79.9. The maximum absolute atomic E-state index is 10.6. The molecule has 1 aromatic carbocycles. The second-order valence-corrected chi connectivity index (χ2v) is 4.57. The van der Waals surface area contributed by atoms with Gasteiger partial charge in [-0.15, -0.1) is 0 Å². The van der Waals surface area contributed by atoms with Crippen LogP contribution in [0, 0.1) is 13.8 Å². The Hall–Kier alpha value is -1.07. The lowest BCUT2D eigenvalue weighted by atomic mass is 9.97. The van der Waals surface area contributed by atoms with Gasteiger partial charge in [0, 0.05) is 6.04 Å². The molecule has 0 radical (unpaired) electrons. The molecule has 0 aliphatic heterocycles. The highest BCUT2D eigenvalue weighted by Gasteiger charge is 2.17. The number of hydrogen-bond acceptors (Lipinski definition) is 3. The predicted molar refractivity (Wildman–Crippen MR) is 64.5 cm³/mol. The first-order valence-electron chi connectivity index (χ1n) is 4.80. The average Bonchev–Trinajstić information content (AvgIpc) is 2.19. The van der Waals surface area contributed by atoms with Crippen LogP contribution < -0.4 is 5.73 Å². The zero-order valence-electron chi connectivity index (χ0n) is 9.12. The molecule has 0 saturated carbocycles. The van der Waals surface area contributed by atoms with Crippen LogP contribution in [0.5, 0.6) is 5.75 Å². The molecule has 4 N–H and O–H groups in total. The number of carbonyl (C=O) groups is 1. The zero-order valence-corrected chi connectivity index (χ0v) is 10.7. The summed E-state index contributed by atoms with van der Waals surface area (Å²) >= 11 is 3.26. The van der Waals surface area contributed by atoms with Gasteiger partial charge in [0.15, 0.2) is 0 Å². The highest BCUT2D eigenvalue weighted by molar-refractivity contribution is 9.10. The third kappa shape index (κ3) is 2.54. The minimum absolute atomic E-state index is 0.127. The Labute approximate surface area is 102 Å². The van der Waals surface area contributed by atoms with Crippen molar-refractivity contribution < 1.29 is 15.0 Å². The molecule has 4 nitrogen and oxygen atoms in total. The van der Waals surface area contributed by atoms with Crippen LogP contribution in [0.1, 0.15) is 29.2 Å². The molecule has 1 unspecified atom stereocenters. The molecule has 0 aromatic heterocycles. The first kappa shape index (κ1) is 13.0. The van der Waals surface area contributed by atoms with Crippen molar-refractivity contribution >= 4 is 21.9 Å². The lowest BCUT2D eigenvalue weighted by molar-refractivity contribution is -0.137. The quantitative estimate of drug-likeness (QED) is 0.796. The van der Waals surface area contributed by atoms with E-state index in [2.05, 4.69) is 15.9 Å². The molecule has 88 valence electrons. The fraction of sp³-hybridized carbons (Fsp3) is 0.364. The van der Waals surface area contributed by atoms with Gasteiger partial charge in [0.25, 0.3) is 0 Å². The van der Waals surface area contributed by atoms with Gasteiger partial charge in [0.05, 0.1) is 10.9 Å². The number of aryl methyl sites for hydroxylation is 1. The standard InChI is InChI=1S/C11H14BrNO3/c1-5-3-7(8(13)4-9(14)15)6(2)10(12)11(5)16/h3,8,16H,4,13H2,1-2H3,(H,14,15). The Morgan fingerprint density at radius 1 is 1.56 bits per heavy atom. The summed E-state index contributed by atoms with van der Waals surface area (Å²) in [5, 5.41) is 18.4. The molecule has 0 fully saturated rings. The zero-order chi connectivity index (χ0) is 12.5. The van der Waals surface area contributed by atoms with Crippen LogP contribution in [-0.2, 0) is 4.79 Å². The lowest BCUT2D eigenvalue weighted by Crippen LogP contribution is -2.16. The summed E-state index contributed by atoms with van der Waals surface area (Å²) in [5.74, 6) is -0.766. The number of aliphatic carboxylic acids is 1. The second-order valence-electron chi connectivity index (χ2n) is 3.77. The van der Waals surface area contributed by atoms with E-state index in [0.717, 1.165) is 11.1 Å². The van der Waals surface area contributed by atoms with Gasteiger partial charge in [-0.3, -0.25) is 4.79 Å². The van der Waals surface area contributed by atoms with E-state index in [1.54, 1.807) is 19.9 Å². The average molecular weight is 288 g/mol. The van der Waals surface area contributed by atoms with Crippen molar-refractivity contribution in [3.8, 4) is 5.75 Å². The Balaban J connectivity index is 3.19. The van der Waals surface area contributed by atoms with Crippen LogP contribution in [0.4, 0.5) is 0 Å². The molecule has 1 aromatic rings. The summed E-state index contributed by atoms with van der Waals surface area (Å²) in [5.41, 5.74) is 7.99. The monoisotopic (exact) mass is 287 g/mol. The van der Waals surface area contributed by atoms with E-state index in [0.29, 0.717) is 10.0 Å². The van der Waals surface area contributed by atoms with Gasteiger partial charge in [0.2, 0.25) is 0 Å². The van der Waals surface area contributed by atoms with Crippen molar-refractivity contribution in [2.45, 2.75) is 26.3 Å². The van der Waals surface area contributed by atoms with E-state index in [9.17, 15) is 9.90 Å². The number of aromatic hydroxyl groups is 1. The molecular formula is C11H14BrNO3. The molecule has 1 rings (SSSR count). The van der Waals surface area contributed by atoms with Crippen molar-refractivity contribution in [3.05, 3.63) is 27.2 Å². The third-order valence-electron chi connectivity index (χ3n) is 2.51. The van der Waals surface area contributed by atoms with Crippen molar-refractivity contribution in [3.63, 3.8) is 0 Å². The lowest BCUT2D eigenvalue weighted by Gasteiger charge is -2.16. The number of carboxylic acids is 1. The van der Waals surface area contributed by atoms with Gasteiger partial charge in [-0.1, -0.05) is 6.07 Å². The Bertz CT molecular complexity index is 432. The molecule has 5 heteroatoms. The molecule has 16 heavy (non-hydrogen) atoms. The van der Waals surface area contributed by atoms with E-state index < -0.39 is 12.0 Å². The number of benzene rings is 1. The Morgan fingerprint density at radius 3 is 2.62 bits per heavy atom. The van der Waals surface area contributed by atoms with Crippen LogP contribution in [0.2, 0.25) is 0 Å². The number of hydrogen-bond donors (Lipinski definition) is 3. The van der Waals surface area contributed by atoms with Gasteiger partial charge < -0.3 is 15.9 Å². The molecule has 0 bridgehead atoms. The van der Waals surface area contributed by atoms with E-state index in [1.807, 2.05) is 0 Å². The van der Waals surface area contributed by atoms with Crippen LogP contribution in [0.15, 0.2) is 10.5 Å². The fourth-order valence-corrected chi connectivity index (χ4v) is 2.11. The summed E-state index contributed by atoms with van der Waals surface area (Å²) in [6, 6.07) is 1.16. The topological polar surface area (TPSA) is 83.6 Å². The van der Waals surface area contributed by atoms with E-state index in [-0.39, 0.29) is 12.2 Å². The Kier molecular flexibility index (Phi) is 3.93. The van der Waals surface area contributed by atoms with Crippen molar-refractivity contribution in [2.75, 3.05) is 0 Å². The van der Waals surface area contributed by atoms with E-state index in [4.69, 9.17) is 10.8 Å². The minimum Gasteiger partial charge on any atom is -0.506 e. The van der Waals surface area contributed by atoms with E-state index >= 15 is 0 Å². The van der Waals surface area contributed by atoms with Gasteiger partial charge in [0.1, 0.15) is 5.75 Å². The van der Waals surface area contributed by atoms with Crippen LogP contribution in [-0.4, -0.2) is 16.2 Å². The smallest absolute Gasteiger partial charge is 0.305 e. The number of rotatable bonds is 3. The first-order chi connectivity index (χ1) is 7.34. The summed E-state index contributed by atoms with van der Waals surface area (Å²) in [6.45, 7) is 3.54. The highest BCUT2D eigenvalue weighted by Crippen LogP contribution is 2.35. The second kappa shape index (κ2) is 4.84. The van der Waals surface area contributed by atoms with Crippen LogP contribution in [0.25, 0.3) is 0 Å². The van der Waals surface area contributed by atoms with Crippen molar-refractivity contribution in [2.24, 2.45) is 5.73 Å². The van der Waals surface area contributed by atoms with Gasteiger partial charge in [-0.2, -0.15) is 0 Å². The molecule has 0 aliphatic carbocycles. The normalized spacial score (nSPS) is 12.5. The SMILES string of the molecule is Cc1cc(C(N)CC(=O)O)c(C)c(Br)c1O. The van der Waals surface area contributed by atoms with Crippen LogP contribution >= 0.6 is 15.9 Å². The molecule has 1 atom stereocenters. The van der Waals surface area contributed by atoms with E-state index in [1.165, 1.54) is 0 Å². The van der Waals surface area contributed by atoms with Crippen molar-refractivity contribution in [1.82, 2.24) is 0 Å². The molecule has 0 saturated heterocycles. The fourth-order valence-electron chi connectivity index (χ4n) is 1.57. The van der Waals surface area contributed by atoms with Gasteiger partial charge >= 0.3 is 5.97 Å². The summed E-state index contributed by atoms with van der Waals surface area (Å²) in [7, 11) is 0.